The van der Waals surface area contributed by atoms with Gasteiger partial charge in [-0.3, -0.25) is 0 Å². The maximum absolute atomic E-state index is 12.5. The molecule has 4 heteroatoms. The number of carbonyl (C=O) groups is 1. The van der Waals surface area contributed by atoms with Gasteiger partial charge in [0, 0.05) is 32.2 Å². The van der Waals surface area contributed by atoms with E-state index in [1.165, 1.54) is 12.8 Å². The summed E-state index contributed by atoms with van der Waals surface area (Å²) in [6.07, 6.45) is 2.43. The lowest BCUT2D eigenvalue weighted by Gasteiger charge is -2.32. The van der Waals surface area contributed by atoms with Gasteiger partial charge in [0.2, 0.25) is 0 Å². The van der Waals surface area contributed by atoms with Gasteiger partial charge in [-0.25, -0.2) is 4.79 Å². The molecule has 1 saturated heterocycles. The van der Waals surface area contributed by atoms with Crippen LogP contribution < -0.4 is 5.32 Å². The highest BCUT2D eigenvalue weighted by Gasteiger charge is 2.24. The van der Waals surface area contributed by atoms with Crippen LogP contribution in [0.4, 0.5) is 4.79 Å². The van der Waals surface area contributed by atoms with E-state index < -0.39 is 0 Å². The summed E-state index contributed by atoms with van der Waals surface area (Å²) in [7, 11) is 0. The molecule has 0 spiro atoms. The third-order valence-electron chi connectivity index (χ3n) is 3.49. The first kappa shape index (κ1) is 15.3. The lowest BCUT2D eigenvalue weighted by atomic mass is 10.1. The Labute approximate surface area is 112 Å². The summed E-state index contributed by atoms with van der Waals surface area (Å²) in [5.74, 6) is 0.519. The quantitative estimate of drug-likeness (QED) is 0.789. The van der Waals surface area contributed by atoms with Gasteiger partial charge in [0.1, 0.15) is 0 Å². The number of hydrogen-bond acceptors (Lipinski definition) is 2. The van der Waals surface area contributed by atoms with Crippen LogP contribution in [-0.2, 0) is 0 Å². The summed E-state index contributed by atoms with van der Waals surface area (Å²) in [4.78, 5) is 16.4. The van der Waals surface area contributed by atoms with Crippen LogP contribution in [-0.4, -0.2) is 54.6 Å². The number of hydrogen-bond donors (Lipinski definition) is 1. The van der Waals surface area contributed by atoms with E-state index in [1.807, 2.05) is 23.6 Å². The van der Waals surface area contributed by atoms with Crippen LogP contribution in [0.2, 0.25) is 0 Å². The second-order valence-electron chi connectivity index (χ2n) is 5.55. The van der Waals surface area contributed by atoms with Gasteiger partial charge in [-0.15, -0.1) is 0 Å². The molecule has 0 aromatic carbocycles. The Morgan fingerprint density at radius 3 is 2.39 bits per heavy atom. The molecule has 2 amide bonds. The highest BCUT2D eigenvalue weighted by molar-refractivity contribution is 5.74. The molecule has 1 aliphatic rings. The number of amides is 2. The fraction of sp³-hybridized carbons (Fsp3) is 0.929. The van der Waals surface area contributed by atoms with Gasteiger partial charge < -0.3 is 15.1 Å². The van der Waals surface area contributed by atoms with E-state index in [2.05, 4.69) is 19.2 Å². The normalized spacial score (nSPS) is 19.3. The fourth-order valence-electron chi connectivity index (χ4n) is 2.54. The zero-order valence-electron chi connectivity index (χ0n) is 12.4. The van der Waals surface area contributed by atoms with Crippen molar-refractivity contribution in [1.82, 2.24) is 15.1 Å². The molecular weight excluding hydrogens is 226 g/mol. The molecule has 1 unspecified atom stereocenters. The highest BCUT2D eigenvalue weighted by Crippen LogP contribution is 2.11. The molecule has 1 rings (SSSR count). The molecule has 0 aliphatic carbocycles. The molecule has 0 saturated carbocycles. The van der Waals surface area contributed by atoms with Crippen LogP contribution in [0.1, 0.15) is 40.5 Å². The van der Waals surface area contributed by atoms with Gasteiger partial charge in [0.25, 0.3) is 0 Å². The molecule has 0 aromatic heterocycles. The summed E-state index contributed by atoms with van der Waals surface area (Å²) in [6, 6.07) is 0.686. The van der Waals surface area contributed by atoms with E-state index in [1.54, 1.807) is 0 Å². The number of rotatable bonds is 6. The Kier molecular flexibility index (Phi) is 6.47. The Morgan fingerprint density at radius 2 is 1.94 bits per heavy atom. The lowest BCUT2D eigenvalue weighted by molar-refractivity contribution is 0.147. The minimum Gasteiger partial charge on any atom is -0.325 e. The third kappa shape index (κ3) is 4.48. The van der Waals surface area contributed by atoms with Crippen LogP contribution in [0.25, 0.3) is 0 Å². The Balaban J connectivity index is 2.60. The van der Waals surface area contributed by atoms with E-state index >= 15 is 0 Å². The van der Waals surface area contributed by atoms with E-state index in [9.17, 15) is 4.79 Å². The largest absolute Gasteiger partial charge is 0.325 e. The summed E-state index contributed by atoms with van der Waals surface area (Å²) in [6.45, 7) is 12.8. The van der Waals surface area contributed by atoms with Crippen molar-refractivity contribution in [1.29, 1.82) is 0 Å². The van der Waals surface area contributed by atoms with Gasteiger partial charge in [-0.1, -0.05) is 13.8 Å². The first-order valence-electron chi connectivity index (χ1n) is 7.35. The molecule has 1 fully saturated rings. The maximum atomic E-state index is 12.5. The minimum atomic E-state index is 0.197. The molecule has 1 heterocycles. The molecule has 18 heavy (non-hydrogen) atoms. The summed E-state index contributed by atoms with van der Waals surface area (Å²) < 4.78 is 0. The van der Waals surface area contributed by atoms with Crippen LogP contribution in [0.5, 0.6) is 0 Å². The highest BCUT2D eigenvalue weighted by atomic mass is 16.2. The SMILES string of the molecule is CCN(CC)C(=O)N(CC(C)C)CC1CCCN1. The van der Waals surface area contributed by atoms with Crippen molar-refractivity contribution < 1.29 is 4.79 Å². The van der Waals surface area contributed by atoms with Crippen LogP contribution >= 0.6 is 0 Å². The summed E-state index contributed by atoms with van der Waals surface area (Å²) >= 11 is 0. The van der Waals surface area contributed by atoms with E-state index in [-0.39, 0.29) is 6.03 Å². The molecular formula is C14H29N3O. The summed E-state index contributed by atoms with van der Waals surface area (Å²) in [5, 5.41) is 3.48. The van der Waals surface area contributed by atoms with E-state index in [0.29, 0.717) is 12.0 Å². The van der Waals surface area contributed by atoms with Crippen LogP contribution in [0.15, 0.2) is 0 Å². The van der Waals surface area contributed by atoms with Crippen molar-refractivity contribution in [3.05, 3.63) is 0 Å². The summed E-state index contributed by atoms with van der Waals surface area (Å²) in [5.41, 5.74) is 0. The number of nitrogens with one attached hydrogen (secondary N) is 1. The van der Waals surface area contributed by atoms with Gasteiger partial charge in [-0.05, 0) is 39.2 Å². The Hall–Kier alpha value is -0.770. The Morgan fingerprint density at radius 1 is 1.28 bits per heavy atom. The smallest absolute Gasteiger partial charge is 0.320 e. The average molecular weight is 255 g/mol. The zero-order valence-corrected chi connectivity index (χ0v) is 12.4. The molecule has 4 nitrogen and oxygen atoms in total. The molecule has 106 valence electrons. The second-order valence-corrected chi connectivity index (χ2v) is 5.55. The Bertz CT molecular complexity index is 245. The standard InChI is InChI=1S/C14H29N3O/c1-5-16(6-2)14(18)17(10-12(3)4)11-13-8-7-9-15-13/h12-13,15H,5-11H2,1-4H3. The van der Waals surface area contributed by atoms with Crippen LogP contribution in [0, 0.1) is 5.92 Å². The van der Waals surface area contributed by atoms with Crippen molar-refractivity contribution in [2.75, 3.05) is 32.7 Å². The fourth-order valence-corrected chi connectivity index (χ4v) is 2.54. The first-order chi connectivity index (χ1) is 8.58. The number of urea groups is 1. The third-order valence-corrected chi connectivity index (χ3v) is 3.49. The molecule has 0 aromatic rings. The van der Waals surface area contributed by atoms with Crippen LogP contribution in [0.3, 0.4) is 0 Å². The van der Waals surface area contributed by atoms with Crippen molar-refractivity contribution in [2.45, 2.75) is 46.6 Å². The average Bonchev–Trinajstić information content (AvgIpc) is 2.82. The lowest BCUT2D eigenvalue weighted by Crippen LogP contribution is -2.49. The van der Waals surface area contributed by atoms with Crippen molar-refractivity contribution in [2.24, 2.45) is 5.92 Å². The predicted octanol–water partition coefficient (Wildman–Crippen LogP) is 2.16. The predicted molar refractivity (Wildman–Crippen MR) is 75.8 cm³/mol. The number of nitrogens with zero attached hydrogens (tertiary/aromatic N) is 2. The van der Waals surface area contributed by atoms with E-state index in [4.69, 9.17) is 0 Å². The van der Waals surface area contributed by atoms with Gasteiger partial charge in [0.15, 0.2) is 0 Å². The van der Waals surface area contributed by atoms with Crippen molar-refractivity contribution >= 4 is 6.03 Å². The zero-order chi connectivity index (χ0) is 13.5. The molecule has 1 N–H and O–H groups in total. The topological polar surface area (TPSA) is 35.6 Å². The second kappa shape index (κ2) is 7.62. The van der Waals surface area contributed by atoms with E-state index in [0.717, 1.165) is 32.7 Å². The van der Waals surface area contributed by atoms with Gasteiger partial charge in [-0.2, -0.15) is 0 Å². The minimum absolute atomic E-state index is 0.197. The molecule has 1 atom stereocenters. The van der Waals surface area contributed by atoms with Gasteiger partial charge in [0.05, 0.1) is 0 Å². The molecule has 0 radical (unpaired) electrons. The maximum Gasteiger partial charge on any atom is 0.320 e. The van der Waals surface area contributed by atoms with Crippen molar-refractivity contribution in [3.8, 4) is 0 Å². The monoisotopic (exact) mass is 255 g/mol. The van der Waals surface area contributed by atoms with Crippen molar-refractivity contribution in [3.63, 3.8) is 0 Å². The molecule has 1 aliphatic heterocycles. The van der Waals surface area contributed by atoms with Gasteiger partial charge >= 0.3 is 6.03 Å². The first-order valence-corrected chi connectivity index (χ1v) is 7.35. The number of carbonyl (C=O) groups excluding carboxylic acids is 1. The molecule has 0 bridgehead atoms.